The summed E-state index contributed by atoms with van der Waals surface area (Å²) in [7, 11) is -3.11. The molecule has 1 aromatic heterocycles. The first-order chi connectivity index (χ1) is 12.5. The fourth-order valence-electron chi connectivity index (χ4n) is 3.69. The molecule has 0 amide bonds. The molecule has 1 aliphatic carbocycles. The van der Waals surface area contributed by atoms with E-state index in [1.807, 2.05) is 6.20 Å². The Morgan fingerprint density at radius 3 is 2.81 bits per heavy atom. The topological polar surface area (TPSA) is 67.2 Å². The number of aromatic nitrogens is 2. The van der Waals surface area contributed by atoms with Crippen molar-refractivity contribution in [2.24, 2.45) is 0 Å². The lowest BCUT2D eigenvalue weighted by Gasteiger charge is -2.34. The van der Waals surface area contributed by atoms with Crippen LogP contribution in [0.25, 0.3) is 0 Å². The number of benzene rings is 1. The smallest absolute Gasteiger partial charge is 0.214 e. The van der Waals surface area contributed by atoms with Gasteiger partial charge in [-0.1, -0.05) is 24.3 Å². The second kappa shape index (κ2) is 7.13. The van der Waals surface area contributed by atoms with Crippen LogP contribution >= 0.6 is 0 Å². The van der Waals surface area contributed by atoms with Crippen molar-refractivity contribution in [2.75, 3.05) is 13.1 Å². The number of aryl methyl sites for hydroxylation is 1. The predicted molar refractivity (Wildman–Crippen MR) is 101 cm³/mol. The van der Waals surface area contributed by atoms with Crippen LogP contribution in [0.15, 0.2) is 36.5 Å². The Morgan fingerprint density at radius 1 is 1.23 bits per heavy atom. The molecular formula is C19H26N4O2S. The number of hydrogen-bond acceptors (Lipinski definition) is 4. The average Bonchev–Trinajstić information content (AvgIpc) is 3.37. The monoisotopic (exact) mass is 374 g/mol. The Balaban J connectivity index is 1.42. The zero-order valence-corrected chi connectivity index (χ0v) is 16.0. The second-order valence-corrected chi connectivity index (χ2v) is 9.49. The van der Waals surface area contributed by atoms with Gasteiger partial charge in [0.2, 0.25) is 10.0 Å². The van der Waals surface area contributed by atoms with Gasteiger partial charge in [0, 0.05) is 32.4 Å². The second-order valence-electron chi connectivity index (χ2n) is 7.44. The standard InChI is InChI=1S/C19H26N4O2S/c1-15-4-2-3-5-16(15)12-22-13-17-8-10-20-23(17)18(14-22)9-11-21-26(24,25)19-6-7-19/h2-5,8,10,18-19,21H,6-7,9,11-14H2,1H3/t18-/m1/s1. The first kappa shape index (κ1) is 17.7. The third-order valence-corrected chi connectivity index (χ3v) is 7.31. The maximum absolute atomic E-state index is 12.0. The van der Waals surface area contributed by atoms with Crippen molar-refractivity contribution < 1.29 is 8.42 Å². The number of nitrogens with zero attached hydrogens (tertiary/aromatic N) is 3. The van der Waals surface area contributed by atoms with Crippen LogP contribution < -0.4 is 4.72 Å². The van der Waals surface area contributed by atoms with Gasteiger partial charge in [0.1, 0.15) is 0 Å². The number of fused-ring (bicyclic) bond motifs is 1. The Bertz CT molecular complexity index is 873. The Labute approximate surface area is 155 Å². The summed E-state index contributed by atoms with van der Waals surface area (Å²) in [6.07, 6.45) is 4.19. The fraction of sp³-hybridized carbons (Fsp3) is 0.526. The van der Waals surface area contributed by atoms with Crippen LogP contribution in [0.1, 0.15) is 42.1 Å². The van der Waals surface area contributed by atoms with Gasteiger partial charge < -0.3 is 0 Å². The minimum Gasteiger partial charge on any atom is -0.291 e. The van der Waals surface area contributed by atoms with E-state index in [0.717, 1.165) is 38.9 Å². The molecule has 140 valence electrons. The van der Waals surface area contributed by atoms with E-state index < -0.39 is 10.0 Å². The van der Waals surface area contributed by atoms with E-state index >= 15 is 0 Å². The minimum atomic E-state index is -3.11. The van der Waals surface area contributed by atoms with Crippen molar-refractivity contribution in [2.45, 2.75) is 50.6 Å². The number of sulfonamides is 1. The van der Waals surface area contributed by atoms with E-state index in [9.17, 15) is 8.42 Å². The highest BCUT2D eigenvalue weighted by atomic mass is 32.2. The van der Waals surface area contributed by atoms with Crippen LogP contribution in [0.2, 0.25) is 0 Å². The summed E-state index contributed by atoms with van der Waals surface area (Å²) in [5.41, 5.74) is 3.84. The molecule has 2 aromatic rings. The van der Waals surface area contributed by atoms with Gasteiger partial charge in [-0.05, 0) is 43.4 Å². The van der Waals surface area contributed by atoms with Gasteiger partial charge in [0.05, 0.1) is 17.0 Å². The van der Waals surface area contributed by atoms with E-state index in [1.165, 1.54) is 16.8 Å². The highest BCUT2D eigenvalue weighted by Crippen LogP contribution is 2.28. The Morgan fingerprint density at radius 2 is 2.04 bits per heavy atom. The summed E-state index contributed by atoms with van der Waals surface area (Å²) in [6.45, 7) is 5.28. The van der Waals surface area contributed by atoms with Crippen LogP contribution in [0.3, 0.4) is 0 Å². The largest absolute Gasteiger partial charge is 0.291 e. The van der Waals surface area contributed by atoms with Crippen molar-refractivity contribution in [1.82, 2.24) is 19.4 Å². The minimum absolute atomic E-state index is 0.160. The molecule has 0 saturated heterocycles. The predicted octanol–water partition coefficient (Wildman–Crippen LogP) is 2.22. The molecule has 1 aliphatic heterocycles. The maximum atomic E-state index is 12.0. The molecule has 2 heterocycles. The average molecular weight is 375 g/mol. The van der Waals surface area contributed by atoms with Gasteiger partial charge in [-0.25, -0.2) is 13.1 Å². The highest BCUT2D eigenvalue weighted by Gasteiger charge is 2.35. The summed E-state index contributed by atoms with van der Waals surface area (Å²) >= 11 is 0. The van der Waals surface area contributed by atoms with Gasteiger partial charge in [0.25, 0.3) is 0 Å². The van der Waals surface area contributed by atoms with Crippen molar-refractivity contribution in [3.63, 3.8) is 0 Å². The zero-order chi connectivity index (χ0) is 18.1. The van der Waals surface area contributed by atoms with Crippen LogP contribution in [-0.4, -0.2) is 41.4 Å². The van der Waals surface area contributed by atoms with Crippen molar-refractivity contribution in [3.8, 4) is 0 Å². The third-order valence-electron chi connectivity index (χ3n) is 5.35. The number of rotatable bonds is 7. The van der Waals surface area contributed by atoms with Gasteiger partial charge in [-0.15, -0.1) is 0 Å². The molecule has 0 spiro atoms. The van der Waals surface area contributed by atoms with E-state index in [0.29, 0.717) is 6.54 Å². The van der Waals surface area contributed by atoms with E-state index in [2.05, 4.69) is 56.7 Å². The van der Waals surface area contributed by atoms with Crippen LogP contribution in [0.5, 0.6) is 0 Å². The molecule has 1 N–H and O–H groups in total. The summed E-state index contributed by atoms with van der Waals surface area (Å²) < 4.78 is 28.9. The Hall–Kier alpha value is -1.70. The molecule has 1 saturated carbocycles. The summed E-state index contributed by atoms with van der Waals surface area (Å²) in [5.74, 6) is 0. The SMILES string of the molecule is Cc1ccccc1CN1Cc2ccnn2[C@H](CCNS(=O)(=O)C2CC2)C1. The zero-order valence-electron chi connectivity index (χ0n) is 15.1. The summed E-state index contributed by atoms with van der Waals surface area (Å²) in [4.78, 5) is 2.43. The molecule has 6 nitrogen and oxygen atoms in total. The van der Waals surface area contributed by atoms with Crippen molar-refractivity contribution in [1.29, 1.82) is 0 Å². The molecule has 1 atom stereocenters. The van der Waals surface area contributed by atoms with Gasteiger partial charge in [-0.2, -0.15) is 5.10 Å². The number of nitrogens with one attached hydrogen (secondary N) is 1. The molecule has 1 aromatic carbocycles. The fourth-order valence-corrected chi connectivity index (χ4v) is 5.09. The first-order valence-electron chi connectivity index (χ1n) is 9.30. The quantitative estimate of drug-likeness (QED) is 0.807. The Kier molecular flexibility index (Phi) is 4.86. The van der Waals surface area contributed by atoms with Gasteiger partial charge in [-0.3, -0.25) is 9.58 Å². The lowest BCUT2D eigenvalue weighted by Crippen LogP contribution is -2.39. The summed E-state index contributed by atoms with van der Waals surface area (Å²) in [6, 6.07) is 10.7. The van der Waals surface area contributed by atoms with E-state index in [4.69, 9.17) is 0 Å². The van der Waals surface area contributed by atoms with Crippen LogP contribution in [0, 0.1) is 6.92 Å². The molecule has 2 aliphatic rings. The molecule has 4 rings (SSSR count). The normalized spacial score (nSPS) is 20.9. The molecule has 0 bridgehead atoms. The van der Waals surface area contributed by atoms with Crippen LogP contribution in [0.4, 0.5) is 0 Å². The molecule has 0 radical (unpaired) electrons. The first-order valence-corrected chi connectivity index (χ1v) is 10.9. The molecule has 0 unspecified atom stereocenters. The van der Waals surface area contributed by atoms with Gasteiger partial charge in [0.15, 0.2) is 0 Å². The highest BCUT2D eigenvalue weighted by molar-refractivity contribution is 7.90. The lowest BCUT2D eigenvalue weighted by molar-refractivity contribution is 0.162. The molecular weight excluding hydrogens is 348 g/mol. The maximum Gasteiger partial charge on any atom is 0.214 e. The van der Waals surface area contributed by atoms with E-state index in [1.54, 1.807) is 0 Å². The lowest BCUT2D eigenvalue weighted by atomic mass is 10.1. The molecule has 26 heavy (non-hydrogen) atoms. The van der Waals surface area contributed by atoms with Crippen LogP contribution in [-0.2, 0) is 23.1 Å². The third kappa shape index (κ3) is 3.84. The van der Waals surface area contributed by atoms with E-state index in [-0.39, 0.29) is 11.3 Å². The van der Waals surface area contributed by atoms with Gasteiger partial charge >= 0.3 is 0 Å². The number of hydrogen-bond donors (Lipinski definition) is 1. The summed E-state index contributed by atoms with van der Waals surface area (Å²) in [5, 5.41) is 4.31. The van der Waals surface area contributed by atoms with Crippen molar-refractivity contribution >= 4 is 10.0 Å². The molecule has 1 fully saturated rings. The molecule has 7 heteroatoms. The van der Waals surface area contributed by atoms with Crippen molar-refractivity contribution in [3.05, 3.63) is 53.3 Å².